The predicted molar refractivity (Wildman–Crippen MR) is 114 cm³/mol. The number of ether oxygens (including phenoxy) is 2. The first-order valence-electron chi connectivity index (χ1n) is 8.82. The van der Waals surface area contributed by atoms with Gasteiger partial charge in [-0.25, -0.2) is 26.8 Å². The zero-order chi connectivity index (χ0) is 22.6. The third-order valence-electron chi connectivity index (χ3n) is 4.09. The number of anilines is 2. The minimum Gasteiger partial charge on any atom is -0.497 e. The van der Waals surface area contributed by atoms with E-state index in [0.717, 1.165) is 0 Å². The topological polar surface area (TPSA) is 137 Å². The lowest BCUT2D eigenvalue weighted by atomic mass is 10.3. The number of methoxy groups -OCH3 is 2. The van der Waals surface area contributed by atoms with Crippen LogP contribution in [0.25, 0.3) is 0 Å². The Bertz CT molecular complexity index is 1290. The van der Waals surface area contributed by atoms with Crippen molar-refractivity contribution in [1.29, 1.82) is 0 Å². The molecule has 2 N–H and O–H groups in total. The average molecular weight is 465 g/mol. The van der Waals surface area contributed by atoms with Crippen LogP contribution < -0.4 is 18.9 Å². The molecule has 3 rings (SSSR count). The SMILES string of the molecule is COc1ccc(S(=O)(=O)Nc2ccc(S(=O)(=O)Nc3ccnc(C)n3)cc2)c(OC)c1. The normalized spacial score (nSPS) is 11.6. The Morgan fingerprint density at radius 1 is 0.839 bits per heavy atom. The fourth-order valence-corrected chi connectivity index (χ4v) is 4.83. The lowest BCUT2D eigenvalue weighted by Crippen LogP contribution is -2.16. The van der Waals surface area contributed by atoms with Gasteiger partial charge in [-0.2, -0.15) is 0 Å². The third-order valence-corrected chi connectivity index (χ3v) is 6.88. The fourth-order valence-electron chi connectivity index (χ4n) is 2.62. The minimum absolute atomic E-state index is 0.0614. The van der Waals surface area contributed by atoms with Crippen LogP contribution in [-0.4, -0.2) is 41.0 Å². The second kappa shape index (κ2) is 8.78. The highest BCUT2D eigenvalue weighted by atomic mass is 32.2. The Morgan fingerprint density at radius 2 is 1.55 bits per heavy atom. The van der Waals surface area contributed by atoms with Crippen molar-refractivity contribution in [2.45, 2.75) is 16.7 Å². The monoisotopic (exact) mass is 464 g/mol. The van der Waals surface area contributed by atoms with Gasteiger partial charge in [0.2, 0.25) is 0 Å². The molecular formula is C19H20N4O6S2. The molecule has 0 saturated heterocycles. The Hall–Kier alpha value is -3.38. The molecule has 2 aromatic carbocycles. The summed E-state index contributed by atoms with van der Waals surface area (Å²) in [5.74, 6) is 1.09. The van der Waals surface area contributed by atoms with E-state index in [2.05, 4.69) is 19.4 Å². The van der Waals surface area contributed by atoms with E-state index < -0.39 is 20.0 Å². The third kappa shape index (κ3) is 5.22. The predicted octanol–water partition coefficient (Wildman–Crippen LogP) is 2.40. The molecule has 1 heterocycles. The van der Waals surface area contributed by atoms with E-state index in [0.29, 0.717) is 11.6 Å². The molecule has 0 aliphatic carbocycles. The van der Waals surface area contributed by atoms with E-state index in [1.807, 2.05) is 0 Å². The van der Waals surface area contributed by atoms with E-state index in [9.17, 15) is 16.8 Å². The lowest BCUT2D eigenvalue weighted by molar-refractivity contribution is 0.386. The van der Waals surface area contributed by atoms with Crippen molar-refractivity contribution in [3.63, 3.8) is 0 Å². The molecule has 0 amide bonds. The van der Waals surface area contributed by atoms with Gasteiger partial charge < -0.3 is 9.47 Å². The highest BCUT2D eigenvalue weighted by Crippen LogP contribution is 2.30. The van der Waals surface area contributed by atoms with Crippen LogP contribution in [-0.2, 0) is 20.0 Å². The van der Waals surface area contributed by atoms with Crippen molar-refractivity contribution >= 4 is 31.6 Å². The van der Waals surface area contributed by atoms with Crippen molar-refractivity contribution in [2.24, 2.45) is 0 Å². The highest BCUT2D eigenvalue weighted by Gasteiger charge is 2.21. The zero-order valence-corrected chi connectivity index (χ0v) is 18.5. The molecule has 164 valence electrons. The van der Waals surface area contributed by atoms with Crippen LogP contribution in [0.3, 0.4) is 0 Å². The molecule has 31 heavy (non-hydrogen) atoms. The van der Waals surface area contributed by atoms with Crippen LogP contribution in [0.15, 0.2) is 64.5 Å². The number of hydrogen-bond acceptors (Lipinski definition) is 8. The summed E-state index contributed by atoms with van der Waals surface area (Å²) in [7, 11) is -5.11. The molecule has 3 aromatic rings. The van der Waals surface area contributed by atoms with Crippen LogP contribution in [0.5, 0.6) is 11.5 Å². The van der Waals surface area contributed by atoms with Crippen LogP contribution in [0, 0.1) is 6.92 Å². The summed E-state index contributed by atoms with van der Waals surface area (Å²) in [4.78, 5) is 7.76. The maximum absolute atomic E-state index is 12.8. The second-order valence-electron chi connectivity index (χ2n) is 6.24. The molecular weight excluding hydrogens is 444 g/mol. The summed E-state index contributed by atoms with van der Waals surface area (Å²) in [6.07, 6.45) is 1.44. The van der Waals surface area contributed by atoms with Gasteiger partial charge in [-0.05, 0) is 49.4 Å². The van der Waals surface area contributed by atoms with Crippen LogP contribution in [0.1, 0.15) is 5.82 Å². The first-order valence-corrected chi connectivity index (χ1v) is 11.8. The number of aromatic nitrogens is 2. The zero-order valence-electron chi connectivity index (χ0n) is 16.9. The Balaban J connectivity index is 1.81. The van der Waals surface area contributed by atoms with E-state index in [1.165, 1.54) is 68.9 Å². The molecule has 0 aliphatic heterocycles. The minimum atomic E-state index is -4.00. The molecule has 0 fully saturated rings. The smallest absolute Gasteiger partial charge is 0.265 e. The first-order chi connectivity index (χ1) is 14.6. The Kier molecular flexibility index (Phi) is 6.32. The summed E-state index contributed by atoms with van der Waals surface area (Å²) in [6.45, 7) is 1.64. The second-order valence-corrected chi connectivity index (χ2v) is 9.57. The van der Waals surface area contributed by atoms with E-state index in [4.69, 9.17) is 9.47 Å². The number of hydrogen-bond donors (Lipinski definition) is 2. The van der Waals surface area contributed by atoms with Gasteiger partial charge in [-0.1, -0.05) is 0 Å². The van der Waals surface area contributed by atoms with Gasteiger partial charge in [-0.3, -0.25) is 9.44 Å². The number of sulfonamides is 2. The highest BCUT2D eigenvalue weighted by molar-refractivity contribution is 7.93. The molecule has 0 bridgehead atoms. The number of rotatable bonds is 8. The van der Waals surface area contributed by atoms with Crippen LogP contribution >= 0.6 is 0 Å². The maximum Gasteiger partial charge on any atom is 0.265 e. The summed E-state index contributed by atoms with van der Waals surface area (Å²) < 4.78 is 65.6. The fraction of sp³-hybridized carbons (Fsp3) is 0.158. The van der Waals surface area contributed by atoms with Gasteiger partial charge in [0.1, 0.15) is 28.0 Å². The standard InChI is InChI=1S/C19H20N4O6S2/c1-13-20-11-10-19(21-13)23-30(24,25)16-7-4-14(5-8-16)22-31(26,27)18-9-6-15(28-2)12-17(18)29-3/h4-12,22H,1-3H3,(H,20,21,23). The van der Waals surface area contributed by atoms with Gasteiger partial charge in [0.05, 0.1) is 19.1 Å². The number of nitrogens with one attached hydrogen (secondary N) is 2. The van der Waals surface area contributed by atoms with Crippen molar-refractivity contribution in [3.05, 3.63) is 60.6 Å². The molecule has 0 unspecified atom stereocenters. The van der Waals surface area contributed by atoms with E-state index in [-0.39, 0.29) is 27.0 Å². The van der Waals surface area contributed by atoms with Crippen LogP contribution in [0.2, 0.25) is 0 Å². The largest absolute Gasteiger partial charge is 0.497 e. The lowest BCUT2D eigenvalue weighted by Gasteiger charge is -2.13. The number of benzene rings is 2. The van der Waals surface area contributed by atoms with E-state index in [1.54, 1.807) is 6.92 Å². The molecule has 0 aliphatic rings. The van der Waals surface area contributed by atoms with E-state index >= 15 is 0 Å². The van der Waals surface area contributed by atoms with Crippen molar-refractivity contribution in [2.75, 3.05) is 23.7 Å². The summed E-state index contributed by atoms with van der Waals surface area (Å²) in [5, 5.41) is 0. The van der Waals surface area contributed by atoms with Gasteiger partial charge in [0.25, 0.3) is 20.0 Å². The summed E-state index contributed by atoms with van der Waals surface area (Å²) >= 11 is 0. The molecule has 0 atom stereocenters. The molecule has 10 nitrogen and oxygen atoms in total. The van der Waals surface area contributed by atoms with Crippen molar-refractivity contribution < 1.29 is 26.3 Å². The molecule has 0 radical (unpaired) electrons. The van der Waals surface area contributed by atoms with Crippen molar-refractivity contribution in [1.82, 2.24) is 9.97 Å². The van der Waals surface area contributed by atoms with Gasteiger partial charge in [-0.15, -0.1) is 0 Å². The van der Waals surface area contributed by atoms with Crippen molar-refractivity contribution in [3.8, 4) is 11.5 Å². The quantitative estimate of drug-likeness (QED) is 0.519. The van der Waals surface area contributed by atoms with Crippen LogP contribution in [0.4, 0.5) is 11.5 Å². The van der Waals surface area contributed by atoms with Gasteiger partial charge in [0.15, 0.2) is 0 Å². The summed E-state index contributed by atoms with van der Waals surface area (Å²) in [5.41, 5.74) is 0.176. The molecule has 0 spiro atoms. The van der Waals surface area contributed by atoms with Gasteiger partial charge in [0, 0.05) is 18.0 Å². The van der Waals surface area contributed by atoms with Gasteiger partial charge >= 0.3 is 0 Å². The first kappa shape index (κ1) is 22.3. The number of nitrogens with zero attached hydrogens (tertiary/aromatic N) is 2. The molecule has 12 heteroatoms. The molecule has 0 saturated carbocycles. The molecule has 1 aromatic heterocycles. The maximum atomic E-state index is 12.8. The Labute approximate surface area is 180 Å². The number of aryl methyl sites for hydroxylation is 1. The summed E-state index contributed by atoms with van der Waals surface area (Å²) in [6, 6.07) is 11.0. The average Bonchev–Trinajstić information content (AvgIpc) is 2.73. The Morgan fingerprint density at radius 3 is 2.16 bits per heavy atom.